The van der Waals surface area contributed by atoms with E-state index >= 15 is 0 Å². The molecule has 0 saturated carbocycles. The fourth-order valence-corrected chi connectivity index (χ4v) is 3.19. The summed E-state index contributed by atoms with van der Waals surface area (Å²) in [6.45, 7) is 3.98. The number of thioether (sulfide) groups is 1. The maximum Gasteiger partial charge on any atom is 0.239 e. The number of nitrogens with one attached hydrogen (secondary N) is 1. The Morgan fingerprint density at radius 1 is 1.38 bits per heavy atom. The molecule has 5 heteroatoms. The van der Waals surface area contributed by atoms with Gasteiger partial charge in [-0.05, 0) is 38.8 Å². The van der Waals surface area contributed by atoms with Crippen molar-refractivity contribution >= 4 is 23.6 Å². The van der Waals surface area contributed by atoms with Crippen LogP contribution in [0.1, 0.15) is 19.8 Å². The molecule has 1 N–H and O–H groups in total. The van der Waals surface area contributed by atoms with Crippen LogP contribution in [-0.2, 0) is 9.59 Å². The SMILES string of the molecule is CC(C1CCCNC1)N1C(=O)CSCC1=O. The second-order valence-electron chi connectivity index (χ2n) is 4.50. The predicted octanol–water partition coefficient (Wildman–Crippen LogP) is 0.476. The molecular formula is C11H18N2O2S. The molecule has 2 unspecified atom stereocenters. The molecule has 4 nitrogen and oxygen atoms in total. The molecule has 0 aromatic carbocycles. The minimum absolute atomic E-state index is 0.0145. The second-order valence-corrected chi connectivity index (χ2v) is 5.48. The lowest BCUT2D eigenvalue weighted by Crippen LogP contribution is -2.53. The number of imide groups is 1. The van der Waals surface area contributed by atoms with Crippen molar-refractivity contribution in [2.75, 3.05) is 24.6 Å². The van der Waals surface area contributed by atoms with E-state index in [4.69, 9.17) is 0 Å². The maximum atomic E-state index is 11.8. The standard InChI is InChI=1S/C11H18N2O2S/c1-8(9-3-2-4-12-5-9)13-10(14)6-16-7-11(13)15/h8-9,12H,2-7H2,1H3. The molecule has 0 aromatic heterocycles. The Kier molecular flexibility index (Phi) is 3.86. The molecule has 0 bridgehead atoms. The molecule has 2 aliphatic heterocycles. The molecule has 2 fully saturated rings. The first-order valence-corrected chi connectivity index (χ1v) is 6.99. The molecule has 2 rings (SSSR count). The third-order valence-corrected chi connectivity index (χ3v) is 4.32. The van der Waals surface area contributed by atoms with Crippen LogP contribution < -0.4 is 5.32 Å². The van der Waals surface area contributed by atoms with Crippen molar-refractivity contribution in [2.45, 2.75) is 25.8 Å². The molecular weight excluding hydrogens is 224 g/mol. The zero-order valence-corrected chi connectivity index (χ0v) is 10.4. The van der Waals surface area contributed by atoms with Crippen molar-refractivity contribution in [1.82, 2.24) is 10.2 Å². The van der Waals surface area contributed by atoms with Crippen molar-refractivity contribution in [2.24, 2.45) is 5.92 Å². The van der Waals surface area contributed by atoms with E-state index in [0.717, 1.165) is 25.9 Å². The number of hydrogen-bond acceptors (Lipinski definition) is 4. The molecule has 16 heavy (non-hydrogen) atoms. The van der Waals surface area contributed by atoms with Crippen molar-refractivity contribution in [3.8, 4) is 0 Å². The van der Waals surface area contributed by atoms with E-state index < -0.39 is 0 Å². The van der Waals surface area contributed by atoms with E-state index in [9.17, 15) is 9.59 Å². The smallest absolute Gasteiger partial charge is 0.239 e. The number of carbonyl (C=O) groups is 2. The van der Waals surface area contributed by atoms with Gasteiger partial charge in [0.2, 0.25) is 11.8 Å². The summed E-state index contributed by atoms with van der Waals surface area (Å²) in [4.78, 5) is 25.0. The van der Waals surface area contributed by atoms with Crippen LogP contribution in [0.3, 0.4) is 0 Å². The molecule has 0 spiro atoms. The summed E-state index contributed by atoms with van der Waals surface area (Å²) in [5.74, 6) is 1.30. The highest BCUT2D eigenvalue weighted by Gasteiger charge is 2.34. The van der Waals surface area contributed by atoms with Crippen LogP contribution in [0.5, 0.6) is 0 Å². The van der Waals surface area contributed by atoms with E-state index in [1.807, 2.05) is 6.92 Å². The van der Waals surface area contributed by atoms with E-state index in [2.05, 4.69) is 5.32 Å². The number of piperidine rings is 1. The topological polar surface area (TPSA) is 49.4 Å². The Morgan fingerprint density at radius 3 is 2.62 bits per heavy atom. The summed E-state index contributed by atoms with van der Waals surface area (Å²) in [5.41, 5.74) is 0. The van der Waals surface area contributed by atoms with Gasteiger partial charge in [-0.25, -0.2) is 0 Å². The molecule has 2 aliphatic rings. The zero-order chi connectivity index (χ0) is 11.5. The van der Waals surface area contributed by atoms with Gasteiger partial charge in [0.1, 0.15) is 0 Å². The molecule has 2 atom stereocenters. The van der Waals surface area contributed by atoms with Crippen LogP contribution in [0.25, 0.3) is 0 Å². The molecule has 0 radical (unpaired) electrons. The molecule has 90 valence electrons. The van der Waals surface area contributed by atoms with E-state index in [1.165, 1.54) is 16.7 Å². The quantitative estimate of drug-likeness (QED) is 0.715. The molecule has 0 aliphatic carbocycles. The van der Waals surface area contributed by atoms with Crippen LogP contribution in [0.2, 0.25) is 0 Å². The lowest BCUT2D eigenvalue weighted by molar-refractivity contribution is -0.146. The first kappa shape index (κ1) is 11.9. The highest BCUT2D eigenvalue weighted by Crippen LogP contribution is 2.23. The van der Waals surface area contributed by atoms with Gasteiger partial charge in [0.25, 0.3) is 0 Å². The maximum absolute atomic E-state index is 11.8. The Morgan fingerprint density at radius 2 is 2.06 bits per heavy atom. The fourth-order valence-electron chi connectivity index (χ4n) is 2.46. The van der Waals surface area contributed by atoms with Gasteiger partial charge in [0.15, 0.2) is 0 Å². The summed E-state index contributed by atoms with van der Waals surface area (Å²) in [6, 6.07) is 0.0497. The van der Waals surface area contributed by atoms with Crippen LogP contribution in [-0.4, -0.2) is 47.4 Å². The van der Waals surface area contributed by atoms with Gasteiger partial charge >= 0.3 is 0 Å². The highest BCUT2D eigenvalue weighted by atomic mass is 32.2. The van der Waals surface area contributed by atoms with Gasteiger partial charge < -0.3 is 5.32 Å². The first-order chi connectivity index (χ1) is 7.70. The molecule has 2 heterocycles. The Hall–Kier alpha value is -0.550. The second kappa shape index (κ2) is 5.19. The van der Waals surface area contributed by atoms with E-state index in [-0.39, 0.29) is 17.9 Å². The van der Waals surface area contributed by atoms with Gasteiger partial charge in [-0.3, -0.25) is 14.5 Å². The molecule has 2 amide bonds. The summed E-state index contributed by atoms with van der Waals surface area (Å²) in [7, 11) is 0. The fraction of sp³-hybridized carbons (Fsp3) is 0.818. The summed E-state index contributed by atoms with van der Waals surface area (Å²) < 4.78 is 0. The minimum atomic E-state index is -0.0145. The van der Waals surface area contributed by atoms with Crippen molar-refractivity contribution < 1.29 is 9.59 Å². The Labute approximate surface area is 100 Å². The average molecular weight is 242 g/mol. The summed E-state index contributed by atoms with van der Waals surface area (Å²) in [6.07, 6.45) is 2.25. The lowest BCUT2D eigenvalue weighted by atomic mass is 9.91. The lowest BCUT2D eigenvalue weighted by Gasteiger charge is -2.37. The Bertz CT molecular complexity index is 274. The van der Waals surface area contributed by atoms with Gasteiger partial charge in [-0.1, -0.05) is 0 Å². The van der Waals surface area contributed by atoms with Gasteiger partial charge in [0.05, 0.1) is 11.5 Å². The van der Waals surface area contributed by atoms with Crippen LogP contribution in [0.15, 0.2) is 0 Å². The van der Waals surface area contributed by atoms with Crippen LogP contribution in [0, 0.1) is 5.92 Å². The molecule has 0 aromatic rings. The summed E-state index contributed by atoms with van der Waals surface area (Å²) in [5, 5.41) is 3.33. The van der Waals surface area contributed by atoms with E-state index in [1.54, 1.807) is 0 Å². The van der Waals surface area contributed by atoms with Gasteiger partial charge in [-0.15, -0.1) is 11.8 Å². The van der Waals surface area contributed by atoms with Gasteiger partial charge in [0, 0.05) is 6.04 Å². The van der Waals surface area contributed by atoms with Crippen molar-refractivity contribution in [3.63, 3.8) is 0 Å². The molecule has 2 saturated heterocycles. The summed E-state index contributed by atoms with van der Waals surface area (Å²) >= 11 is 1.42. The van der Waals surface area contributed by atoms with Crippen LogP contribution >= 0.6 is 11.8 Å². The highest BCUT2D eigenvalue weighted by molar-refractivity contribution is 8.00. The minimum Gasteiger partial charge on any atom is -0.316 e. The Balaban J connectivity index is 2.03. The number of carbonyl (C=O) groups excluding carboxylic acids is 2. The third-order valence-electron chi connectivity index (χ3n) is 3.41. The van der Waals surface area contributed by atoms with Crippen LogP contribution in [0.4, 0.5) is 0 Å². The average Bonchev–Trinajstić information content (AvgIpc) is 2.30. The van der Waals surface area contributed by atoms with E-state index in [0.29, 0.717) is 17.4 Å². The zero-order valence-electron chi connectivity index (χ0n) is 9.57. The number of hydrogen-bond donors (Lipinski definition) is 1. The number of rotatable bonds is 2. The first-order valence-electron chi connectivity index (χ1n) is 5.83. The largest absolute Gasteiger partial charge is 0.316 e. The normalized spacial score (nSPS) is 29.3. The predicted molar refractivity (Wildman–Crippen MR) is 64.2 cm³/mol. The third kappa shape index (κ3) is 2.40. The van der Waals surface area contributed by atoms with Crippen molar-refractivity contribution in [1.29, 1.82) is 0 Å². The number of nitrogens with zero attached hydrogens (tertiary/aromatic N) is 1. The number of amides is 2. The van der Waals surface area contributed by atoms with Crippen molar-refractivity contribution in [3.05, 3.63) is 0 Å². The monoisotopic (exact) mass is 242 g/mol. The van der Waals surface area contributed by atoms with Gasteiger partial charge in [-0.2, -0.15) is 0 Å².